The highest BCUT2D eigenvalue weighted by Gasteiger charge is 2.21. The Balaban J connectivity index is 1.98. The summed E-state index contributed by atoms with van der Waals surface area (Å²) in [4.78, 5) is 11.9. The molecule has 2 aromatic rings. The van der Waals surface area contributed by atoms with Gasteiger partial charge in [-0.15, -0.1) is 0 Å². The molecule has 0 aromatic heterocycles. The summed E-state index contributed by atoms with van der Waals surface area (Å²) < 4.78 is 13.3. The molecule has 0 bridgehead atoms. The van der Waals surface area contributed by atoms with Crippen LogP contribution in [0.25, 0.3) is 0 Å². The van der Waals surface area contributed by atoms with Gasteiger partial charge in [-0.2, -0.15) is 0 Å². The first kappa shape index (κ1) is 11.7. The van der Waals surface area contributed by atoms with Crippen molar-refractivity contribution < 1.29 is 9.18 Å². The van der Waals surface area contributed by atoms with E-state index in [0.29, 0.717) is 0 Å². The van der Waals surface area contributed by atoms with Gasteiger partial charge in [0, 0.05) is 0 Å². The van der Waals surface area contributed by atoms with E-state index in [2.05, 4.69) is 10.6 Å². The van der Waals surface area contributed by atoms with Gasteiger partial charge in [0.15, 0.2) is 0 Å². The van der Waals surface area contributed by atoms with E-state index in [4.69, 9.17) is 0 Å². The molecule has 1 unspecified atom stereocenters. The van der Waals surface area contributed by atoms with E-state index in [1.54, 1.807) is 6.07 Å². The maximum Gasteiger partial charge on any atom is 0.226 e. The molecule has 1 aliphatic rings. The summed E-state index contributed by atoms with van der Waals surface area (Å²) in [6, 6.07) is 13.6. The van der Waals surface area contributed by atoms with E-state index >= 15 is 0 Å². The molecule has 3 rings (SSSR count). The number of amides is 1. The Morgan fingerprint density at radius 2 is 1.84 bits per heavy atom. The highest BCUT2D eigenvalue weighted by molar-refractivity contribution is 5.96. The Morgan fingerprint density at radius 3 is 2.63 bits per heavy atom. The molecule has 0 spiro atoms. The van der Waals surface area contributed by atoms with E-state index in [9.17, 15) is 9.18 Å². The molecule has 1 atom stereocenters. The third kappa shape index (κ3) is 2.42. The lowest BCUT2D eigenvalue weighted by molar-refractivity contribution is -0.116. The Bertz CT molecular complexity index is 627. The molecule has 0 aliphatic carbocycles. The number of para-hydroxylation sites is 2. The van der Waals surface area contributed by atoms with Crippen molar-refractivity contribution in [2.75, 3.05) is 10.6 Å². The number of nitrogens with one attached hydrogen (secondary N) is 2. The minimum atomic E-state index is -0.294. The molecule has 0 saturated heterocycles. The van der Waals surface area contributed by atoms with Crippen molar-refractivity contribution in [3.05, 3.63) is 59.9 Å². The molecule has 1 aliphatic heterocycles. The monoisotopic (exact) mass is 256 g/mol. The lowest BCUT2D eigenvalue weighted by atomic mass is 10.0. The molecule has 1 heterocycles. The van der Waals surface area contributed by atoms with Gasteiger partial charge in [-0.25, -0.2) is 4.39 Å². The van der Waals surface area contributed by atoms with E-state index in [1.165, 1.54) is 12.1 Å². The number of anilines is 2. The van der Waals surface area contributed by atoms with Crippen LogP contribution in [-0.4, -0.2) is 5.91 Å². The molecule has 4 heteroatoms. The fraction of sp³-hybridized carbons (Fsp3) is 0.133. The number of halogens is 1. The zero-order valence-electron chi connectivity index (χ0n) is 10.2. The predicted molar refractivity (Wildman–Crippen MR) is 72.5 cm³/mol. The van der Waals surface area contributed by atoms with Crippen molar-refractivity contribution in [2.45, 2.75) is 12.5 Å². The highest BCUT2D eigenvalue weighted by Crippen LogP contribution is 2.31. The fourth-order valence-electron chi connectivity index (χ4n) is 2.27. The molecule has 19 heavy (non-hydrogen) atoms. The van der Waals surface area contributed by atoms with Gasteiger partial charge in [0.2, 0.25) is 5.91 Å². The van der Waals surface area contributed by atoms with Crippen LogP contribution < -0.4 is 10.6 Å². The quantitative estimate of drug-likeness (QED) is 0.821. The molecule has 3 nitrogen and oxygen atoms in total. The zero-order valence-corrected chi connectivity index (χ0v) is 10.2. The molecular weight excluding hydrogens is 243 g/mol. The normalized spacial score (nSPS) is 17.9. The smallest absolute Gasteiger partial charge is 0.226 e. The average molecular weight is 256 g/mol. The number of carbonyl (C=O) groups is 1. The average Bonchev–Trinajstić information content (AvgIpc) is 2.56. The Labute approximate surface area is 110 Å². The van der Waals surface area contributed by atoms with Crippen LogP contribution in [0.1, 0.15) is 18.0 Å². The van der Waals surface area contributed by atoms with Crippen LogP contribution in [-0.2, 0) is 4.79 Å². The van der Waals surface area contributed by atoms with Gasteiger partial charge in [0.25, 0.3) is 0 Å². The summed E-state index contributed by atoms with van der Waals surface area (Å²) >= 11 is 0. The number of hydrogen-bond acceptors (Lipinski definition) is 2. The molecule has 2 N–H and O–H groups in total. The minimum Gasteiger partial charge on any atom is -0.376 e. The van der Waals surface area contributed by atoms with Crippen molar-refractivity contribution >= 4 is 17.3 Å². The second-order valence-corrected chi connectivity index (χ2v) is 4.55. The summed E-state index contributed by atoms with van der Waals surface area (Å²) in [5.74, 6) is -0.371. The number of hydrogen-bond donors (Lipinski definition) is 2. The van der Waals surface area contributed by atoms with E-state index in [1.807, 2.05) is 30.3 Å². The summed E-state index contributed by atoms with van der Waals surface area (Å²) in [5, 5.41) is 6.12. The van der Waals surface area contributed by atoms with Gasteiger partial charge in [0.05, 0.1) is 23.8 Å². The van der Waals surface area contributed by atoms with Crippen LogP contribution in [0.15, 0.2) is 48.5 Å². The lowest BCUT2D eigenvalue weighted by Gasteiger charge is -2.17. The van der Waals surface area contributed by atoms with Gasteiger partial charge >= 0.3 is 0 Å². The first-order valence-electron chi connectivity index (χ1n) is 6.13. The van der Waals surface area contributed by atoms with Gasteiger partial charge < -0.3 is 10.6 Å². The number of rotatable bonds is 1. The maximum atomic E-state index is 13.3. The Kier molecular flexibility index (Phi) is 2.91. The fourth-order valence-corrected chi connectivity index (χ4v) is 2.27. The van der Waals surface area contributed by atoms with Crippen molar-refractivity contribution in [1.82, 2.24) is 0 Å². The summed E-state index contributed by atoms with van der Waals surface area (Å²) in [5.41, 5.74) is 2.38. The molecule has 0 fully saturated rings. The maximum absolute atomic E-state index is 13.3. The highest BCUT2D eigenvalue weighted by atomic mass is 19.1. The number of carbonyl (C=O) groups excluding carboxylic acids is 1. The third-order valence-corrected chi connectivity index (χ3v) is 3.17. The van der Waals surface area contributed by atoms with Crippen molar-refractivity contribution in [1.29, 1.82) is 0 Å². The molecule has 0 radical (unpaired) electrons. The first-order chi connectivity index (χ1) is 9.22. The van der Waals surface area contributed by atoms with Crippen LogP contribution >= 0.6 is 0 Å². The number of fused-ring (bicyclic) bond motifs is 1. The summed E-state index contributed by atoms with van der Waals surface area (Å²) in [6.07, 6.45) is 0.276. The van der Waals surface area contributed by atoms with Crippen molar-refractivity contribution in [2.24, 2.45) is 0 Å². The lowest BCUT2D eigenvalue weighted by Crippen LogP contribution is -2.15. The first-order valence-corrected chi connectivity index (χ1v) is 6.13. The predicted octanol–water partition coefficient (Wildman–Crippen LogP) is 3.32. The van der Waals surface area contributed by atoms with E-state index < -0.39 is 0 Å². The summed E-state index contributed by atoms with van der Waals surface area (Å²) in [7, 11) is 0. The third-order valence-electron chi connectivity index (χ3n) is 3.17. The van der Waals surface area contributed by atoms with Crippen LogP contribution in [0.5, 0.6) is 0 Å². The Hall–Kier alpha value is -2.36. The molecular formula is C15H13FN2O. The Morgan fingerprint density at radius 1 is 1.05 bits per heavy atom. The zero-order chi connectivity index (χ0) is 13.2. The van der Waals surface area contributed by atoms with Gasteiger partial charge in [-0.3, -0.25) is 4.79 Å². The van der Waals surface area contributed by atoms with Crippen LogP contribution in [0.4, 0.5) is 15.8 Å². The molecule has 2 aromatic carbocycles. The van der Waals surface area contributed by atoms with Gasteiger partial charge in [0.1, 0.15) is 5.82 Å². The molecule has 0 saturated carbocycles. The second-order valence-electron chi connectivity index (χ2n) is 4.55. The largest absolute Gasteiger partial charge is 0.376 e. The minimum absolute atomic E-state index is 0.0771. The van der Waals surface area contributed by atoms with Crippen molar-refractivity contribution in [3.63, 3.8) is 0 Å². The van der Waals surface area contributed by atoms with E-state index in [-0.39, 0.29) is 24.2 Å². The van der Waals surface area contributed by atoms with Crippen LogP contribution in [0.2, 0.25) is 0 Å². The second kappa shape index (κ2) is 4.72. The molecule has 1 amide bonds. The van der Waals surface area contributed by atoms with E-state index in [0.717, 1.165) is 16.9 Å². The van der Waals surface area contributed by atoms with Crippen LogP contribution in [0, 0.1) is 5.82 Å². The summed E-state index contributed by atoms with van der Waals surface area (Å²) in [6.45, 7) is 0. The standard InChI is InChI=1S/C15H13FN2O/c16-11-5-3-4-10(8-11)14-9-15(19)18-13-7-2-1-6-12(13)17-14/h1-8,14,17H,9H2,(H,18,19). The SMILES string of the molecule is O=C1CC(c2cccc(F)c2)Nc2ccccc2N1. The van der Waals surface area contributed by atoms with Crippen molar-refractivity contribution in [3.8, 4) is 0 Å². The number of benzene rings is 2. The molecule has 96 valence electrons. The van der Waals surface area contributed by atoms with Crippen LogP contribution in [0.3, 0.4) is 0 Å². The van der Waals surface area contributed by atoms with Gasteiger partial charge in [-0.1, -0.05) is 24.3 Å². The topological polar surface area (TPSA) is 41.1 Å². The van der Waals surface area contributed by atoms with Gasteiger partial charge in [-0.05, 0) is 29.8 Å².